The lowest BCUT2D eigenvalue weighted by Crippen LogP contribution is -2.29. The molecule has 182 valence electrons. The first-order valence-corrected chi connectivity index (χ1v) is 12.2. The van der Waals surface area contributed by atoms with Gasteiger partial charge in [-0.1, -0.05) is 30.3 Å². The minimum Gasteiger partial charge on any atom is -0.497 e. The van der Waals surface area contributed by atoms with Crippen molar-refractivity contribution < 1.29 is 9.53 Å². The normalized spacial score (nSPS) is 12.1. The van der Waals surface area contributed by atoms with Gasteiger partial charge < -0.3 is 20.0 Å². The van der Waals surface area contributed by atoms with Crippen molar-refractivity contribution in [1.29, 1.82) is 0 Å². The maximum Gasteiger partial charge on any atom is 0.262 e. The summed E-state index contributed by atoms with van der Waals surface area (Å²) >= 11 is 5.31. The van der Waals surface area contributed by atoms with Crippen molar-refractivity contribution in [3.63, 3.8) is 0 Å². The molecule has 0 fully saturated rings. The number of methoxy groups -OCH3 is 1. The number of hydrogen-bond acceptors (Lipinski definition) is 4. The number of aromatic nitrogens is 3. The number of rotatable bonds is 7. The molecular weight excluding hydrogens is 472 g/mol. The van der Waals surface area contributed by atoms with Crippen molar-refractivity contribution in [2.45, 2.75) is 19.4 Å². The quantitative estimate of drug-likeness (QED) is 0.271. The molecule has 1 amide bonds. The Bertz CT molecular complexity index is 1680. The van der Waals surface area contributed by atoms with E-state index in [2.05, 4.69) is 21.4 Å². The van der Waals surface area contributed by atoms with Crippen molar-refractivity contribution in [2.75, 3.05) is 13.7 Å². The van der Waals surface area contributed by atoms with Gasteiger partial charge in [-0.2, -0.15) is 0 Å². The smallest absolute Gasteiger partial charge is 0.262 e. The molecule has 0 aliphatic rings. The standard InChI is InChI=1S/C28H26N4O3S/c1-3-32-27(34)21-13-10-18(14-25(21)31-28(32)36)26(33)30-15-22(17-8-11-19(35-2)12-9-17)23-16-29-24-7-5-4-6-20(23)24/h4-14,16,22,29H,3,15H2,1-2H3,(H,30,33)(H,31,36). The molecule has 0 radical (unpaired) electrons. The van der Waals surface area contributed by atoms with Gasteiger partial charge in [0, 0.05) is 41.7 Å². The number of benzene rings is 3. The Labute approximate surface area is 212 Å². The SMILES string of the molecule is CCn1c(=S)[nH]c2cc(C(=O)NCC(c3ccc(OC)cc3)c3c[nH]c4ccccc34)ccc2c1=O. The third-order valence-corrected chi connectivity index (χ3v) is 6.86. The van der Waals surface area contributed by atoms with Crippen molar-refractivity contribution in [3.05, 3.63) is 105 Å². The van der Waals surface area contributed by atoms with E-state index in [1.807, 2.05) is 55.6 Å². The molecule has 2 aromatic heterocycles. The summed E-state index contributed by atoms with van der Waals surface area (Å²) in [6, 6.07) is 21.0. The second-order valence-corrected chi connectivity index (χ2v) is 8.95. The van der Waals surface area contributed by atoms with Crippen LogP contribution < -0.4 is 15.6 Å². The van der Waals surface area contributed by atoms with Crippen molar-refractivity contribution >= 4 is 39.9 Å². The fraction of sp³-hybridized carbons (Fsp3) is 0.179. The second-order valence-electron chi connectivity index (χ2n) is 8.57. The van der Waals surface area contributed by atoms with E-state index < -0.39 is 0 Å². The number of amides is 1. The van der Waals surface area contributed by atoms with Gasteiger partial charge in [-0.05, 0) is 66.7 Å². The van der Waals surface area contributed by atoms with Crippen LogP contribution in [0.2, 0.25) is 0 Å². The lowest BCUT2D eigenvalue weighted by molar-refractivity contribution is 0.0952. The van der Waals surface area contributed by atoms with E-state index in [0.29, 0.717) is 34.3 Å². The summed E-state index contributed by atoms with van der Waals surface area (Å²) in [6.07, 6.45) is 2.00. The Balaban J connectivity index is 1.46. The molecule has 0 saturated heterocycles. The molecule has 2 heterocycles. The summed E-state index contributed by atoms with van der Waals surface area (Å²) in [4.78, 5) is 32.3. The van der Waals surface area contributed by atoms with Gasteiger partial charge in [0.25, 0.3) is 11.5 Å². The van der Waals surface area contributed by atoms with E-state index in [-0.39, 0.29) is 17.4 Å². The van der Waals surface area contributed by atoms with Crippen LogP contribution in [0.15, 0.2) is 77.7 Å². The Hall–Kier alpha value is -4.17. The number of carbonyl (C=O) groups excluding carboxylic acids is 1. The number of carbonyl (C=O) groups is 1. The number of nitrogens with zero attached hydrogens (tertiary/aromatic N) is 1. The molecule has 1 unspecified atom stereocenters. The van der Waals surface area contributed by atoms with Crippen LogP contribution >= 0.6 is 12.2 Å². The lowest BCUT2D eigenvalue weighted by atomic mass is 9.90. The Morgan fingerprint density at radius 1 is 1.06 bits per heavy atom. The van der Waals surface area contributed by atoms with Crippen molar-refractivity contribution in [3.8, 4) is 5.75 Å². The molecule has 3 aromatic carbocycles. The minimum atomic E-state index is -0.228. The first kappa shape index (κ1) is 23.6. The highest BCUT2D eigenvalue weighted by Gasteiger charge is 2.20. The van der Waals surface area contributed by atoms with E-state index in [9.17, 15) is 9.59 Å². The molecule has 0 saturated carbocycles. The summed E-state index contributed by atoms with van der Waals surface area (Å²) < 4.78 is 7.16. The minimum absolute atomic E-state index is 0.0842. The van der Waals surface area contributed by atoms with E-state index in [4.69, 9.17) is 17.0 Å². The van der Waals surface area contributed by atoms with Crippen LogP contribution in [0.5, 0.6) is 5.75 Å². The van der Waals surface area contributed by atoms with Gasteiger partial charge in [-0.25, -0.2) is 0 Å². The summed E-state index contributed by atoms with van der Waals surface area (Å²) in [7, 11) is 1.64. The van der Waals surface area contributed by atoms with E-state index in [0.717, 1.165) is 27.8 Å². The predicted molar refractivity (Wildman–Crippen MR) is 145 cm³/mol. The van der Waals surface area contributed by atoms with Crippen LogP contribution in [0, 0.1) is 4.77 Å². The monoisotopic (exact) mass is 498 g/mol. The summed E-state index contributed by atoms with van der Waals surface area (Å²) in [5.41, 5.74) is 4.03. The molecular formula is C28H26N4O3S. The topological polar surface area (TPSA) is 91.9 Å². The molecule has 0 spiro atoms. The number of H-pyrrole nitrogens is 2. The third-order valence-electron chi connectivity index (χ3n) is 6.54. The van der Waals surface area contributed by atoms with Crippen LogP contribution in [0.1, 0.15) is 34.3 Å². The van der Waals surface area contributed by atoms with E-state index in [1.165, 1.54) is 4.57 Å². The molecule has 36 heavy (non-hydrogen) atoms. The van der Waals surface area contributed by atoms with Crippen molar-refractivity contribution in [2.24, 2.45) is 0 Å². The zero-order valence-corrected chi connectivity index (χ0v) is 20.8. The molecule has 7 nitrogen and oxygen atoms in total. The molecule has 8 heteroatoms. The van der Waals surface area contributed by atoms with Gasteiger partial charge in [0.05, 0.1) is 18.0 Å². The number of fused-ring (bicyclic) bond motifs is 2. The number of nitrogens with one attached hydrogen (secondary N) is 3. The van der Waals surface area contributed by atoms with Gasteiger partial charge in [0.15, 0.2) is 4.77 Å². The molecule has 0 aliphatic heterocycles. The van der Waals surface area contributed by atoms with Gasteiger partial charge in [-0.3, -0.25) is 14.2 Å². The third kappa shape index (κ3) is 4.31. The number of aromatic amines is 2. The number of ether oxygens (including phenoxy) is 1. The maximum atomic E-state index is 13.2. The van der Waals surface area contributed by atoms with Crippen LogP contribution in [-0.2, 0) is 6.54 Å². The lowest BCUT2D eigenvalue weighted by Gasteiger charge is -2.19. The summed E-state index contributed by atoms with van der Waals surface area (Å²) in [5, 5.41) is 4.69. The predicted octanol–water partition coefficient (Wildman–Crippen LogP) is 5.13. The zero-order valence-electron chi connectivity index (χ0n) is 20.0. The van der Waals surface area contributed by atoms with Gasteiger partial charge in [-0.15, -0.1) is 0 Å². The molecule has 3 N–H and O–H groups in total. The van der Waals surface area contributed by atoms with Gasteiger partial charge >= 0.3 is 0 Å². The van der Waals surface area contributed by atoms with Crippen LogP contribution in [0.25, 0.3) is 21.8 Å². The molecule has 0 aliphatic carbocycles. The molecule has 5 rings (SSSR count). The van der Waals surface area contributed by atoms with Crippen molar-refractivity contribution in [1.82, 2.24) is 19.9 Å². The average molecular weight is 499 g/mol. The highest BCUT2D eigenvalue weighted by atomic mass is 32.1. The van der Waals surface area contributed by atoms with Crippen LogP contribution in [0.3, 0.4) is 0 Å². The number of hydrogen-bond donors (Lipinski definition) is 3. The highest BCUT2D eigenvalue weighted by molar-refractivity contribution is 7.71. The maximum absolute atomic E-state index is 13.2. The van der Waals surface area contributed by atoms with Gasteiger partial charge in [0.2, 0.25) is 0 Å². The summed E-state index contributed by atoms with van der Waals surface area (Å²) in [6.45, 7) is 2.73. The zero-order chi connectivity index (χ0) is 25.2. The second kappa shape index (κ2) is 9.83. The Morgan fingerprint density at radius 2 is 1.83 bits per heavy atom. The van der Waals surface area contributed by atoms with E-state index >= 15 is 0 Å². The molecule has 5 aromatic rings. The Kier molecular flexibility index (Phi) is 6.43. The fourth-order valence-electron chi connectivity index (χ4n) is 4.61. The first-order valence-electron chi connectivity index (χ1n) is 11.7. The molecule has 0 bridgehead atoms. The van der Waals surface area contributed by atoms with Gasteiger partial charge in [0.1, 0.15) is 5.75 Å². The summed E-state index contributed by atoms with van der Waals surface area (Å²) in [5.74, 6) is 0.462. The Morgan fingerprint density at radius 3 is 2.58 bits per heavy atom. The average Bonchev–Trinajstić information content (AvgIpc) is 3.33. The van der Waals surface area contributed by atoms with Crippen LogP contribution in [-0.4, -0.2) is 34.1 Å². The highest BCUT2D eigenvalue weighted by Crippen LogP contribution is 2.31. The first-order chi connectivity index (χ1) is 17.5. The fourth-order valence-corrected chi connectivity index (χ4v) is 4.93. The van der Waals surface area contributed by atoms with E-state index in [1.54, 1.807) is 25.3 Å². The molecule has 1 atom stereocenters. The number of para-hydroxylation sites is 1. The largest absolute Gasteiger partial charge is 0.497 e. The van der Waals surface area contributed by atoms with Crippen LogP contribution in [0.4, 0.5) is 0 Å².